The molecule has 0 spiro atoms. The Kier molecular flexibility index (Phi) is 5.71. The summed E-state index contributed by atoms with van der Waals surface area (Å²) in [6.07, 6.45) is 7.07. The van der Waals surface area contributed by atoms with Gasteiger partial charge in [0.1, 0.15) is 0 Å². The molecule has 24 heavy (non-hydrogen) atoms. The number of hydrogen-bond acceptors (Lipinski definition) is 4. The summed E-state index contributed by atoms with van der Waals surface area (Å²) in [7, 11) is 0. The van der Waals surface area contributed by atoms with Gasteiger partial charge in [0.15, 0.2) is 5.13 Å². The van der Waals surface area contributed by atoms with E-state index in [9.17, 15) is 9.59 Å². The number of rotatable bonds is 4. The molecule has 1 aliphatic carbocycles. The third-order valence-electron chi connectivity index (χ3n) is 4.80. The molecule has 2 aliphatic rings. The monoisotopic (exact) mass is 350 g/mol. The number of anilines is 1. The molecule has 2 N–H and O–H groups in total. The molecule has 1 atom stereocenters. The predicted molar refractivity (Wildman–Crippen MR) is 95.2 cm³/mol. The summed E-state index contributed by atoms with van der Waals surface area (Å²) in [4.78, 5) is 30.6. The maximum atomic E-state index is 12.4. The molecule has 2 heterocycles. The maximum absolute atomic E-state index is 12.4. The summed E-state index contributed by atoms with van der Waals surface area (Å²) in [6, 6.07) is 0.0890. The zero-order valence-corrected chi connectivity index (χ0v) is 15.0. The van der Waals surface area contributed by atoms with Crippen molar-refractivity contribution in [3.8, 4) is 0 Å². The van der Waals surface area contributed by atoms with E-state index in [4.69, 9.17) is 0 Å². The minimum Gasteiger partial charge on any atom is -0.342 e. The van der Waals surface area contributed by atoms with Gasteiger partial charge in [0.05, 0.1) is 12.1 Å². The van der Waals surface area contributed by atoms with Crippen LogP contribution in [0, 0.1) is 5.92 Å². The first kappa shape index (κ1) is 17.2. The van der Waals surface area contributed by atoms with Crippen molar-refractivity contribution in [1.29, 1.82) is 0 Å². The van der Waals surface area contributed by atoms with E-state index >= 15 is 0 Å². The Labute approximate surface area is 147 Å². The van der Waals surface area contributed by atoms with Gasteiger partial charge in [0, 0.05) is 24.5 Å². The number of nitrogens with one attached hydrogen (secondary N) is 2. The maximum Gasteiger partial charge on any atom is 0.321 e. The number of carbonyl (C=O) groups excluding carboxylic acids is 2. The zero-order valence-electron chi connectivity index (χ0n) is 14.2. The lowest BCUT2D eigenvalue weighted by molar-refractivity contribution is -0.132. The van der Waals surface area contributed by atoms with Gasteiger partial charge >= 0.3 is 6.03 Å². The minimum absolute atomic E-state index is 0.133. The quantitative estimate of drug-likeness (QED) is 0.876. The van der Waals surface area contributed by atoms with E-state index in [2.05, 4.69) is 22.5 Å². The van der Waals surface area contributed by atoms with Gasteiger partial charge in [0.25, 0.3) is 0 Å². The predicted octanol–water partition coefficient (Wildman–Crippen LogP) is 3.01. The van der Waals surface area contributed by atoms with E-state index in [0.29, 0.717) is 17.5 Å². The largest absolute Gasteiger partial charge is 0.342 e. The van der Waals surface area contributed by atoms with Gasteiger partial charge in [-0.3, -0.25) is 10.1 Å². The number of piperidine rings is 1. The van der Waals surface area contributed by atoms with Crippen molar-refractivity contribution in [3.63, 3.8) is 0 Å². The van der Waals surface area contributed by atoms with Crippen LogP contribution in [0.5, 0.6) is 0 Å². The number of hydrogen-bond donors (Lipinski definition) is 2. The number of aromatic nitrogens is 1. The average molecular weight is 350 g/mol. The number of urea groups is 1. The second kappa shape index (κ2) is 7.96. The average Bonchev–Trinajstić information content (AvgIpc) is 3.19. The van der Waals surface area contributed by atoms with E-state index in [0.717, 1.165) is 38.0 Å². The molecule has 7 heteroatoms. The third kappa shape index (κ3) is 4.69. The molecular weight excluding hydrogens is 324 g/mol. The lowest BCUT2D eigenvalue weighted by Gasteiger charge is -2.30. The third-order valence-corrected chi connectivity index (χ3v) is 5.61. The second-order valence-corrected chi connectivity index (χ2v) is 7.85. The molecule has 0 bridgehead atoms. The minimum atomic E-state index is -0.195. The molecule has 6 nitrogen and oxygen atoms in total. The van der Waals surface area contributed by atoms with Crippen molar-refractivity contribution in [2.75, 3.05) is 18.4 Å². The highest BCUT2D eigenvalue weighted by molar-refractivity contribution is 7.13. The lowest BCUT2D eigenvalue weighted by Crippen LogP contribution is -2.40. The Morgan fingerprint density at radius 1 is 1.29 bits per heavy atom. The second-order valence-electron chi connectivity index (χ2n) is 6.99. The van der Waals surface area contributed by atoms with Crippen LogP contribution >= 0.6 is 11.3 Å². The van der Waals surface area contributed by atoms with Crippen molar-refractivity contribution in [2.24, 2.45) is 5.92 Å². The summed E-state index contributed by atoms with van der Waals surface area (Å²) in [5, 5.41) is 8.17. The Morgan fingerprint density at radius 2 is 2.08 bits per heavy atom. The van der Waals surface area contributed by atoms with Gasteiger partial charge in [-0.25, -0.2) is 9.78 Å². The van der Waals surface area contributed by atoms with Crippen LogP contribution in [-0.4, -0.2) is 41.0 Å². The fourth-order valence-corrected chi connectivity index (χ4v) is 4.22. The molecule has 0 aromatic carbocycles. The van der Waals surface area contributed by atoms with E-state index < -0.39 is 0 Å². The number of amides is 3. The van der Waals surface area contributed by atoms with Crippen LogP contribution in [0.15, 0.2) is 5.38 Å². The van der Waals surface area contributed by atoms with E-state index in [1.165, 1.54) is 30.6 Å². The molecular formula is C17H26N4O2S. The van der Waals surface area contributed by atoms with Crippen molar-refractivity contribution in [2.45, 2.75) is 57.9 Å². The van der Waals surface area contributed by atoms with E-state index in [-0.39, 0.29) is 18.0 Å². The van der Waals surface area contributed by atoms with Gasteiger partial charge < -0.3 is 10.2 Å². The summed E-state index contributed by atoms with van der Waals surface area (Å²) >= 11 is 1.37. The molecule has 1 aliphatic heterocycles. The Morgan fingerprint density at radius 3 is 2.83 bits per heavy atom. The SMILES string of the molecule is CC1CCCN(C(=O)Cc2csc(NC(=O)NC3CCCC3)n2)C1. The van der Waals surface area contributed by atoms with Crippen LogP contribution in [0.1, 0.15) is 51.1 Å². The van der Waals surface area contributed by atoms with Crippen LogP contribution < -0.4 is 10.6 Å². The molecule has 1 aromatic rings. The molecule has 1 saturated heterocycles. The summed E-state index contributed by atoms with van der Waals surface area (Å²) in [5.74, 6) is 0.712. The van der Waals surface area contributed by atoms with Gasteiger partial charge in [-0.1, -0.05) is 19.8 Å². The number of nitrogens with zero attached hydrogens (tertiary/aromatic N) is 2. The molecule has 132 valence electrons. The smallest absolute Gasteiger partial charge is 0.321 e. The van der Waals surface area contributed by atoms with E-state index in [1.54, 1.807) is 0 Å². The highest BCUT2D eigenvalue weighted by Crippen LogP contribution is 2.20. The van der Waals surface area contributed by atoms with Crippen molar-refractivity contribution in [3.05, 3.63) is 11.1 Å². The highest BCUT2D eigenvalue weighted by Gasteiger charge is 2.22. The first-order chi connectivity index (χ1) is 11.6. The van der Waals surface area contributed by atoms with Crippen molar-refractivity contribution in [1.82, 2.24) is 15.2 Å². The lowest BCUT2D eigenvalue weighted by atomic mass is 10.00. The topological polar surface area (TPSA) is 74.3 Å². The van der Waals surface area contributed by atoms with Crippen molar-refractivity contribution < 1.29 is 9.59 Å². The first-order valence-corrected chi connectivity index (χ1v) is 9.78. The van der Waals surface area contributed by atoms with Crippen LogP contribution in [-0.2, 0) is 11.2 Å². The van der Waals surface area contributed by atoms with E-state index in [1.807, 2.05) is 10.3 Å². The molecule has 1 unspecified atom stereocenters. The Bertz CT molecular complexity index is 583. The fraction of sp³-hybridized carbons (Fsp3) is 0.706. The molecule has 0 radical (unpaired) electrons. The normalized spacial score (nSPS) is 21.7. The summed E-state index contributed by atoms with van der Waals surface area (Å²) in [5.41, 5.74) is 0.736. The van der Waals surface area contributed by atoms with Gasteiger partial charge in [0.2, 0.25) is 5.91 Å². The first-order valence-electron chi connectivity index (χ1n) is 8.90. The number of carbonyl (C=O) groups is 2. The number of thiazole rings is 1. The Hall–Kier alpha value is -1.63. The van der Waals surface area contributed by atoms with Gasteiger partial charge in [-0.2, -0.15) is 0 Å². The fourth-order valence-electron chi connectivity index (χ4n) is 3.52. The van der Waals surface area contributed by atoms with Gasteiger partial charge in [-0.05, 0) is 31.6 Å². The van der Waals surface area contributed by atoms with Crippen LogP contribution in [0.25, 0.3) is 0 Å². The molecule has 1 aromatic heterocycles. The molecule has 3 rings (SSSR count). The number of likely N-dealkylation sites (tertiary alicyclic amines) is 1. The van der Waals surface area contributed by atoms with Crippen molar-refractivity contribution >= 4 is 28.4 Å². The Balaban J connectivity index is 1.47. The summed E-state index contributed by atoms with van der Waals surface area (Å²) < 4.78 is 0. The van der Waals surface area contributed by atoms with Crippen LogP contribution in [0.3, 0.4) is 0 Å². The van der Waals surface area contributed by atoms with Gasteiger partial charge in [-0.15, -0.1) is 11.3 Å². The summed E-state index contributed by atoms with van der Waals surface area (Å²) in [6.45, 7) is 3.88. The molecule has 3 amide bonds. The highest BCUT2D eigenvalue weighted by atomic mass is 32.1. The van der Waals surface area contributed by atoms with Crippen LogP contribution in [0.2, 0.25) is 0 Å². The zero-order chi connectivity index (χ0) is 16.9. The molecule has 2 fully saturated rings. The molecule has 1 saturated carbocycles. The standard InChI is InChI=1S/C17H26N4O2S/c1-12-5-4-8-21(10-12)15(22)9-14-11-24-17(19-14)20-16(23)18-13-6-2-3-7-13/h11-13H,2-10H2,1H3,(H2,18,19,20,23). The van der Waals surface area contributed by atoms with Crippen LogP contribution in [0.4, 0.5) is 9.93 Å².